The van der Waals surface area contributed by atoms with Gasteiger partial charge in [-0.25, -0.2) is 0 Å². The molecule has 124 valence electrons. The SMILES string of the molecule is Cl.Cl.O=C(N[C@@H]1CC2CCC1N2)c1ccc(-c2ccccn2)s1. The Labute approximate surface area is 151 Å². The van der Waals surface area contributed by atoms with Crippen molar-refractivity contribution in [1.29, 1.82) is 0 Å². The minimum Gasteiger partial charge on any atom is -0.347 e. The van der Waals surface area contributed by atoms with Crippen molar-refractivity contribution in [3.63, 3.8) is 0 Å². The Morgan fingerprint density at radius 2 is 2.09 bits per heavy atom. The van der Waals surface area contributed by atoms with Gasteiger partial charge in [0.15, 0.2) is 0 Å². The molecule has 7 heteroatoms. The standard InChI is InChI=1S/C16H17N3OS.2ClH/c20-16(19-13-9-10-4-5-11(13)18-10)15-7-6-14(21-15)12-3-1-2-8-17-12;;/h1-3,6-8,10-11,13,18H,4-5,9H2,(H,19,20);2*1H/t10?,11?,13-;;/m1../s1. The average molecular weight is 372 g/mol. The largest absolute Gasteiger partial charge is 0.347 e. The fourth-order valence-electron chi connectivity index (χ4n) is 3.33. The molecular formula is C16H19Cl2N3OS. The molecule has 0 radical (unpaired) electrons. The highest BCUT2D eigenvalue weighted by Gasteiger charge is 2.39. The van der Waals surface area contributed by atoms with Gasteiger partial charge in [0.05, 0.1) is 15.4 Å². The Balaban J connectivity index is 0.000000960. The van der Waals surface area contributed by atoms with Gasteiger partial charge in [-0.2, -0.15) is 0 Å². The molecule has 2 bridgehead atoms. The molecule has 2 aliphatic rings. The van der Waals surface area contributed by atoms with Gasteiger partial charge in [-0.3, -0.25) is 9.78 Å². The van der Waals surface area contributed by atoms with Crippen LogP contribution in [0.25, 0.3) is 10.6 Å². The van der Waals surface area contributed by atoms with Crippen molar-refractivity contribution in [3.05, 3.63) is 41.4 Å². The summed E-state index contributed by atoms with van der Waals surface area (Å²) < 4.78 is 0. The maximum Gasteiger partial charge on any atom is 0.261 e. The van der Waals surface area contributed by atoms with Gasteiger partial charge < -0.3 is 10.6 Å². The van der Waals surface area contributed by atoms with Crippen molar-refractivity contribution in [1.82, 2.24) is 15.6 Å². The number of pyridine rings is 1. The molecule has 4 heterocycles. The van der Waals surface area contributed by atoms with E-state index >= 15 is 0 Å². The highest BCUT2D eigenvalue weighted by atomic mass is 35.5. The van der Waals surface area contributed by atoms with E-state index in [4.69, 9.17) is 0 Å². The lowest BCUT2D eigenvalue weighted by atomic mass is 9.95. The van der Waals surface area contributed by atoms with Crippen LogP contribution in [0, 0.1) is 0 Å². The van der Waals surface area contributed by atoms with Crippen LogP contribution in [-0.2, 0) is 0 Å². The quantitative estimate of drug-likeness (QED) is 0.870. The maximum atomic E-state index is 12.4. The van der Waals surface area contributed by atoms with Crippen molar-refractivity contribution in [2.75, 3.05) is 0 Å². The predicted molar refractivity (Wildman–Crippen MR) is 97.9 cm³/mol. The first-order valence-electron chi connectivity index (χ1n) is 7.38. The van der Waals surface area contributed by atoms with Gasteiger partial charge in [0, 0.05) is 24.3 Å². The Morgan fingerprint density at radius 1 is 1.22 bits per heavy atom. The summed E-state index contributed by atoms with van der Waals surface area (Å²) in [5, 5.41) is 6.72. The smallest absolute Gasteiger partial charge is 0.261 e. The van der Waals surface area contributed by atoms with Crippen LogP contribution < -0.4 is 10.6 Å². The lowest BCUT2D eigenvalue weighted by Gasteiger charge is -2.20. The summed E-state index contributed by atoms with van der Waals surface area (Å²) in [6.45, 7) is 0. The fourth-order valence-corrected chi connectivity index (χ4v) is 4.22. The molecule has 0 aromatic carbocycles. The maximum absolute atomic E-state index is 12.4. The molecule has 0 aliphatic carbocycles. The highest BCUT2D eigenvalue weighted by molar-refractivity contribution is 7.17. The second-order valence-corrected chi connectivity index (χ2v) is 6.83. The van der Waals surface area contributed by atoms with Crippen molar-refractivity contribution in [3.8, 4) is 10.6 Å². The molecule has 4 rings (SSSR count). The molecule has 2 unspecified atom stereocenters. The second kappa shape index (κ2) is 7.62. The van der Waals surface area contributed by atoms with Gasteiger partial charge in [0.1, 0.15) is 0 Å². The van der Waals surface area contributed by atoms with Gasteiger partial charge in [-0.1, -0.05) is 6.07 Å². The normalized spacial score (nSPS) is 24.6. The van der Waals surface area contributed by atoms with Crippen LogP contribution >= 0.6 is 36.2 Å². The van der Waals surface area contributed by atoms with Crippen LogP contribution in [0.2, 0.25) is 0 Å². The van der Waals surface area contributed by atoms with E-state index in [1.54, 1.807) is 6.20 Å². The molecule has 0 saturated carbocycles. The van der Waals surface area contributed by atoms with E-state index in [1.165, 1.54) is 24.2 Å². The minimum absolute atomic E-state index is 0. The van der Waals surface area contributed by atoms with Crippen molar-refractivity contribution in [2.24, 2.45) is 0 Å². The first kappa shape index (κ1) is 18.2. The summed E-state index contributed by atoms with van der Waals surface area (Å²) in [5.41, 5.74) is 0.920. The number of aromatic nitrogens is 1. The van der Waals surface area contributed by atoms with Crippen LogP contribution in [-0.4, -0.2) is 29.0 Å². The molecule has 3 atom stereocenters. The first-order valence-corrected chi connectivity index (χ1v) is 8.19. The van der Waals surface area contributed by atoms with Crippen LogP contribution in [0.4, 0.5) is 0 Å². The van der Waals surface area contributed by atoms with E-state index in [2.05, 4.69) is 15.6 Å². The second-order valence-electron chi connectivity index (χ2n) is 5.74. The monoisotopic (exact) mass is 371 g/mol. The zero-order chi connectivity index (χ0) is 14.2. The molecule has 2 fully saturated rings. The van der Waals surface area contributed by atoms with E-state index in [0.717, 1.165) is 21.9 Å². The third-order valence-corrected chi connectivity index (χ3v) is 5.47. The Morgan fingerprint density at radius 3 is 2.74 bits per heavy atom. The number of hydrogen-bond acceptors (Lipinski definition) is 4. The number of nitrogens with zero attached hydrogens (tertiary/aromatic N) is 1. The van der Waals surface area contributed by atoms with Crippen LogP contribution in [0.1, 0.15) is 28.9 Å². The number of carbonyl (C=O) groups is 1. The molecule has 2 N–H and O–H groups in total. The molecule has 2 saturated heterocycles. The lowest BCUT2D eigenvalue weighted by Crippen LogP contribution is -2.42. The van der Waals surface area contributed by atoms with Gasteiger partial charge >= 0.3 is 0 Å². The summed E-state index contributed by atoms with van der Waals surface area (Å²) in [4.78, 5) is 18.5. The number of halogens is 2. The van der Waals surface area contributed by atoms with Gasteiger partial charge in [0.2, 0.25) is 0 Å². The van der Waals surface area contributed by atoms with Crippen LogP contribution in [0.15, 0.2) is 36.5 Å². The minimum atomic E-state index is 0. The summed E-state index contributed by atoms with van der Waals surface area (Å²) in [6, 6.07) is 11.0. The zero-order valence-electron chi connectivity index (χ0n) is 12.4. The van der Waals surface area contributed by atoms with Crippen molar-refractivity contribution >= 4 is 42.1 Å². The van der Waals surface area contributed by atoms with Crippen LogP contribution in [0.5, 0.6) is 0 Å². The molecule has 2 aromatic rings. The zero-order valence-corrected chi connectivity index (χ0v) is 14.8. The van der Waals surface area contributed by atoms with Crippen molar-refractivity contribution in [2.45, 2.75) is 37.4 Å². The topological polar surface area (TPSA) is 54.0 Å². The number of fused-ring (bicyclic) bond motifs is 2. The predicted octanol–water partition coefficient (Wildman–Crippen LogP) is 3.28. The highest BCUT2D eigenvalue weighted by Crippen LogP contribution is 2.30. The number of nitrogens with one attached hydrogen (secondary N) is 2. The Hall–Kier alpha value is -1.14. The van der Waals surface area contributed by atoms with E-state index in [9.17, 15) is 4.79 Å². The molecular weight excluding hydrogens is 353 g/mol. The molecule has 1 amide bonds. The van der Waals surface area contributed by atoms with Gasteiger partial charge in [0.25, 0.3) is 5.91 Å². The fraction of sp³-hybridized carbons (Fsp3) is 0.375. The molecule has 2 aromatic heterocycles. The molecule has 4 nitrogen and oxygen atoms in total. The number of thiophene rings is 1. The van der Waals surface area contributed by atoms with Crippen LogP contribution in [0.3, 0.4) is 0 Å². The Bertz CT molecular complexity index is 664. The van der Waals surface area contributed by atoms with E-state index in [1.807, 2.05) is 30.3 Å². The Kier molecular flexibility index (Phi) is 6.03. The summed E-state index contributed by atoms with van der Waals surface area (Å²) in [6.07, 6.45) is 5.27. The number of carbonyl (C=O) groups excluding carboxylic acids is 1. The van der Waals surface area contributed by atoms with E-state index in [0.29, 0.717) is 12.1 Å². The van der Waals surface area contributed by atoms with Crippen molar-refractivity contribution < 1.29 is 4.79 Å². The molecule has 23 heavy (non-hydrogen) atoms. The molecule has 0 spiro atoms. The number of hydrogen-bond donors (Lipinski definition) is 2. The summed E-state index contributed by atoms with van der Waals surface area (Å²) in [7, 11) is 0. The van der Waals surface area contributed by atoms with E-state index in [-0.39, 0.29) is 36.8 Å². The first-order chi connectivity index (χ1) is 10.3. The van der Waals surface area contributed by atoms with Gasteiger partial charge in [-0.05, 0) is 43.5 Å². The number of rotatable bonds is 3. The summed E-state index contributed by atoms with van der Waals surface area (Å²) in [5.74, 6) is 0.0431. The number of amides is 1. The summed E-state index contributed by atoms with van der Waals surface area (Å²) >= 11 is 1.50. The lowest BCUT2D eigenvalue weighted by molar-refractivity contribution is 0.0935. The third kappa shape index (κ3) is 3.69. The molecule has 2 aliphatic heterocycles. The third-order valence-electron chi connectivity index (χ3n) is 4.36. The average Bonchev–Trinajstić information content (AvgIpc) is 3.24. The van der Waals surface area contributed by atoms with Gasteiger partial charge in [-0.15, -0.1) is 36.2 Å². The van der Waals surface area contributed by atoms with E-state index < -0.39 is 0 Å².